The molecule has 0 spiro atoms. The van der Waals surface area contributed by atoms with E-state index in [1.54, 1.807) is 0 Å². The zero-order chi connectivity index (χ0) is 7.21. The first kappa shape index (κ1) is 16.7. The Morgan fingerprint density at radius 3 is 1.67 bits per heavy atom. The first-order valence-electron chi connectivity index (χ1n) is 1.80. The fraction of sp³-hybridized carbons (Fsp3) is 1.00. The van der Waals surface area contributed by atoms with Gasteiger partial charge in [-0.05, 0) is 6.54 Å². The molecule has 0 aliphatic heterocycles. The fourth-order valence-corrected chi connectivity index (χ4v) is 0. The minimum Gasteiger partial charge on any atom is -0.619 e. The monoisotopic (exact) mass is 181 g/mol. The van der Waals surface area contributed by atoms with Gasteiger partial charge in [-0.1, -0.05) is 6.92 Å². The second-order valence-electron chi connectivity index (χ2n) is 0.836. The first-order chi connectivity index (χ1) is 3.41. The largest absolute Gasteiger partial charge is 1.00 e. The van der Waals surface area contributed by atoms with Gasteiger partial charge in [-0.15, -0.1) is 0 Å². The number of hydrogen-bond acceptors (Lipinski definition) is 4. The fourth-order valence-electron chi connectivity index (χ4n) is 0. The molecule has 9 heavy (non-hydrogen) atoms. The molecule has 0 aromatic rings. The molecule has 0 aromatic carbocycles. The zero-order valence-electron chi connectivity index (χ0n) is 5.36. The molecule has 3 N–H and O–H groups in total. The maximum absolute atomic E-state index is 9.00. The first-order valence-corrected chi connectivity index (χ1v) is 4.16. The van der Waals surface area contributed by atoms with Crippen LogP contribution in [-0.2, 0) is 20.8 Å². The number of rotatable bonds is 0. The van der Waals surface area contributed by atoms with Crippen LogP contribution < -0.4 is 35.3 Å². The molecule has 0 unspecified atom stereocenters. The quantitative estimate of drug-likeness (QED) is 0.174. The molecule has 0 fully saturated rings. The summed E-state index contributed by atoms with van der Waals surface area (Å²) in [5.74, 6) is 0. The molecule has 4 nitrogen and oxygen atoms in total. The molecule has 0 saturated heterocycles. The topological polar surface area (TPSA) is 80.4 Å². The molecule has 7 heteroatoms. The van der Waals surface area contributed by atoms with Crippen molar-refractivity contribution < 1.29 is 42.5 Å². The van der Waals surface area contributed by atoms with Crippen molar-refractivity contribution in [1.29, 1.82) is 0 Å². The molecular formula is C2H8NNaO3S2. The predicted octanol–water partition coefficient (Wildman–Crippen LogP) is -3.69. The van der Waals surface area contributed by atoms with Gasteiger partial charge in [0.15, 0.2) is 0 Å². The number of nitrogens with two attached hydrogens (primary N) is 1. The standard InChI is InChI=1S/C2H7N.Na.H2O3S2/c1-2-3;;1-5(2,3)4/h2-3H2,1H3;;(H2,1,2,3,4)/q;+1;/p-1. The normalized spacial score (nSPS) is 8.44. The Morgan fingerprint density at radius 2 is 1.67 bits per heavy atom. The van der Waals surface area contributed by atoms with Crippen LogP contribution in [0.3, 0.4) is 0 Å². The van der Waals surface area contributed by atoms with Gasteiger partial charge in [-0.3, -0.25) is 0 Å². The van der Waals surface area contributed by atoms with Crippen LogP contribution in [0.2, 0.25) is 0 Å². The molecule has 0 aromatic heterocycles. The van der Waals surface area contributed by atoms with Crippen LogP contribution in [0.4, 0.5) is 0 Å². The van der Waals surface area contributed by atoms with E-state index in [2.05, 4.69) is 11.7 Å². The molecule has 0 amide bonds. The van der Waals surface area contributed by atoms with Crippen LogP contribution >= 0.6 is 0 Å². The molecular weight excluding hydrogens is 173 g/mol. The van der Waals surface area contributed by atoms with Crippen LogP contribution in [0.15, 0.2) is 0 Å². The smallest absolute Gasteiger partial charge is 0.619 e. The summed E-state index contributed by atoms with van der Waals surface area (Å²) in [4.78, 5) is 0. The maximum Gasteiger partial charge on any atom is 1.00 e. The van der Waals surface area contributed by atoms with Crippen LogP contribution in [0.25, 0.3) is 0 Å². The van der Waals surface area contributed by atoms with E-state index in [9.17, 15) is 0 Å². The second kappa shape index (κ2) is 9.22. The van der Waals surface area contributed by atoms with E-state index in [4.69, 9.17) is 18.7 Å². The van der Waals surface area contributed by atoms with Gasteiger partial charge in [0.2, 0.25) is 0 Å². The van der Waals surface area contributed by atoms with Gasteiger partial charge < -0.3 is 21.9 Å². The van der Waals surface area contributed by atoms with Crippen LogP contribution in [0, 0.1) is 0 Å². The van der Waals surface area contributed by atoms with Gasteiger partial charge in [0.25, 0.3) is 0 Å². The summed E-state index contributed by atoms with van der Waals surface area (Å²) in [7, 11) is -4.08. The molecule has 0 aliphatic carbocycles. The van der Waals surface area contributed by atoms with Crippen molar-refractivity contribution in [1.82, 2.24) is 0 Å². The Balaban J connectivity index is -0.0000000800. The summed E-state index contributed by atoms with van der Waals surface area (Å²) in [6, 6.07) is 0. The van der Waals surface area contributed by atoms with Gasteiger partial charge in [0, 0.05) is 0 Å². The minimum atomic E-state index is -4.08. The Morgan fingerprint density at radius 1 is 1.67 bits per heavy atom. The van der Waals surface area contributed by atoms with Crippen LogP contribution in [-0.4, -0.2) is 19.5 Å². The van der Waals surface area contributed by atoms with Gasteiger partial charge in [0.1, 0.15) is 9.15 Å². The van der Waals surface area contributed by atoms with Crippen molar-refractivity contribution >= 4 is 20.8 Å². The van der Waals surface area contributed by atoms with Gasteiger partial charge in [-0.25, -0.2) is 8.42 Å². The van der Waals surface area contributed by atoms with Gasteiger partial charge in [-0.2, -0.15) is 0 Å². The molecule has 0 heterocycles. The molecule has 0 saturated carbocycles. The van der Waals surface area contributed by atoms with Crippen molar-refractivity contribution in [2.24, 2.45) is 5.73 Å². The van der Waals surface area contributed by atoms with Crippen molar-refractivity contribution in [2.45, 2.75) is 6.92 Å². The zero-order valence-corrected chi connectivity index (χ0v) is 9.00. The third-order valence-corrected chi connectivity index (χ3v) is 0. The summed E-state index contributed by atoms with van der Waals surface area (Å²) < 4.78 is 25.3. The Kier molecular flexibility index (Phi) is 17.1. The van der Waals surface area contributed by atoms with Crippen molar-refractivity contribution in [3.8, 4) is 0 Å². The van der Waals surface area contributed by atoms with E-state index in [1.165, 1.54) is 0 Å². The van der Waals surface area contributed by atoms with Crippen molar-refractivity contribution in [3.05, 3.63) is 0 Å². The molecule has 0 rings (SSSR count). The Bertz CT molecular complexity index is 114. The second-order valence-corrected chi connectivity index (χ2v) is 2.96. The summed E-state index contributed by atoms with van der Waals surface area (Å²) >= 11 is 3.35. The average Bonchev–Trinajstić information content (AvgIpc) is 1.27. The van der Waals surface area contributed by atoms with Gasteiger partial charge >= 0.3 is 29.6 Å². The summed E-state index contributed by atoms with van der Waals surface area (Å²) in [6.07, 6.45) is 0. The molecule has 0 radical (unpaired) electrons. The summed E-state index contributed by atoms with van der Waals surface area (Å²) in [5.41, 5.74) is 4.85. The summed E-state index contributed by atoms with van der Waals surface area (Å²) in [6.45, 7) is 2.65. The van der Waals surface area contributed by atoms with E-state index >= 15 is 0 Å². The van der Waals surface area contributed by atoms with E-state index in [0.29, 0.717) is 0 Å². The van der Waals surface area contributed by atoms with Crippen molar-refractivity contribution in [2.75, 3.05) is 6.54 Å². The minimum absolute atomic E-state index is 0. The van der Waals surface area contributed by atoms with E-state index in [0.717, 1.165) is 6.54 Å². The third-order valence-electron chi connectivity index (χ3n) is 0. The Hall–Kier alpha value is 1.22. The van der Waals surface area contributed by atoms with E-state index in [1.807, 2.05) is 6.92 Å². The Labute approximate surface area is 82.0 Å². The molecule has 0 bridgehead atoms. The van der Waals surface area contributed by atoms with Crippen molar-refractivity contribution in [3.63, 3.8) is 0 Å². The third kappa shape index (κ3) is 323. The van der Waals surface area contributed by atoms with Gasteiger partial charge in [0.05, 0.1) is 0 Å². The van der Waals surface area contributed by atoms with Crippen LogP contribution in [0.1, 0.15) is 6.92 Å². The molecule has 52 valence electrons. The molecule has 0 aliphatic rings. The summed E-state index contributed by atoms with van der Waals surface area (Å²) in [5, 5.41) is 0. The van der Waals surface area contributed by atoms with E-state index in [-0.39, 0.29) is 29.6 Å². The predicted molar refractivity (Wildman–Crippen MR) is 33.6 cm³/mol. The van der Waals surface area contributed by atoms with Crippen LogP contribution in [0.5, 0.6) is 0 Å². The SMILES string of the molecule is CCN.O=S(=O)(O)[S-].[Na+]. The number of hydrogen-bond donors (Lipinski definition) is 2. The maximum atomic E-state index is 9.00. The van der Waals surface area contributed by atoms with E-state index < -0.39 is 9.15 Å². The molecule has 0 atom stereocenters. The average molecular weight is 181 g/mol.